The lowest BCUT2D eigenvalue weighted by Gasteiger charge is -2.22. The van der Waals surface area contributed by atoms with Crippen LogP contribution in [-0.2, 0) is 14.3 Å². The molecule has 2 fully saturated rings. The quantitative estimate of drug-likeness (QED) is 0.692. The summed E-state index contributed by atoms with van der Waals surface area (Å²) >= 11 is 0. The molecule has 2 amide bonds. The van der Waals surface area contributed by atoms with Crippen molar-refractivity contribution >= 4 is 11.8 Å². The predicted octanol–water partition coefficient (Wildman–Crippen LogP) is -0.335. The third kappa shape index (κ3) is 2.95. The molecule has 0 aromatic rings. The molecule has 2 aliphatic heterocycles. The Morgan fingerprint density at radius 1 is 1.50 bits per heavy atom. The molecular weight excluding hydrogens is 208 g/mol. The molecule has 5 heteroatoms. The number of hydrogen-bond acceptors (Lipinski definition) is 3. The van der Waals surface area contributed by atoms with Gasteiger partial charge < -0.3 is 15.4 Å². The van der Waals surface area contributed by atoms with E-state index in [0.717, 1.165) is 19.6 Å². The molecule has 16 heavy (non-hydrogen) atoms. The number of carbonyl (C=O) groups is 2. The van der Waals surface area contributed by atoms with Crippen LogP contribution in [0.4, 0.5) is 0 Å². The van der Waals surface area contributed by atoms with Crippen molar-refractivity contribution in [2.24, 2.45) is 11.8 Å². The maximum absolute atomic E-state index is 11.8. The molecule has 0 radical (unpaired) electrons. The van der Waals surface area contributed by atoms with E-state index in [-0.39, 0.29) is 17.7 Å². The summed E-state index contributed by atoms with van der Waals surface area (Å²) in [5.74, 6) is 0.516. The summed E-state index contributed by atoms with van der Waals surface area (Å²) in [5.41, 5.74) is 0. The van der Waals surface area contributed by atoms with E-state index in [4.69, 9.17) is 4.74 Å². The van der Waals surface area contributed by atoms with Gasteiger partial charge in [0.2, 0.25) is 11.8 Å². The molecule has 2 saturated heterocycles. The smallest absolute Gasteiger partial charge is 0.224 e. The van der Waals surface area contributed by atoms with E-state index in [2.05, 4.69) is 10.6 Å². The third-order valence-electron chi connectivity index (χ3n) is 3.23. The molecule has 0 aromatic heterocycles. The molecule has 0 bridgehead atoms. The van der Waals surface area contributed by atoms with Gasteiger partial charge in [0.1, 0.15) is 0 Å². The van der Waals surface area contributed by atoms with Crippen LogP contribution in [0, 0.1) is 11.8 Å². The molecule has 2 rings (SSSR count). The van der Waals surface area contributed by atoms with Gasteiger partial charge in [-0.15, -0.1) is 0 Å². The lowest BCUT2D eigenvalue weighted by molar-refractivity contribution is -0.129. The summed E-state index contributed by atoms with van der Waals surface area (Å²) in [5, 5.41) is 5.66. The van der Waals surface area contributed by atoms with Crippen LogP contribution in [0.5, 0.6) is 0 Å². The van der Waals surface area contributed by atoms with Gasteiger partial charge in [-0.3, -0.25) is 9.59 Å². The van der Waals surface area contributed by atoms with Crippen molar-refractivity contribution in [2.45, 2.75) is 19.3 Å². The average Bonchev–Trinajstić information content (AvgIpc) is 2.80. The summed E-state index contributed by atoms with van der Waals surface area (Å²) in [6.07, 6.45) is 2.16. The summed E-state index contributed by atoms with van der Waals surface area (Å²) in [6, 6.07) is 0. The standard InChI is InChI=1S/C11H18N2O3/c14-10-2-1-9(6-12-10)11(15)13-5-8-3-4-16-7-8/h8-9H,1-7H2,(H,12,14)(H,13,15). The number of rotatable bonds is 3. The molecule has 5 nitrogen and oxygen atoms in total. The fourth-order valence-corrected chi connectivity index (χ4v) is 2.09. The highest BCUT2D eigenvalue weighted by atomic mass is 16.5. The Morgan fingerprint density at radius 3 is 3.00 bits per heavy atom. The lowest BCUT2D eigenvalue weighted by Crippen LogP contribution is -2.44. The third-order valence-corrected chi connectivity index (χ3v) is 3.23. The van der Waals surface area contributed by atoms with Crippen LogP contribution in [0.2, 0.25) is 0 Å². The van der Waals surface area contributed by atoms with E-state index >= 15 is 0 Å². The molecule has 2 unspecified atom stereocenters. The van der Waals surface area contributed by atoms with E-state index in [1.807, 2.05) is 0 Å². The predicted molar refractivity (Wildman–Crippen MR) is 57.7 cm³/mol. The molecule has 0 spiro atoms. The van der Waals surface area contributed by atoms with Crippen LogP contribution in [-0.4, -0.2) is 38.1 Å². The van der Waals surface area contributed by atoms with Crippen LogP contribution in [0.25, 0.3) is 0 Å². The van der Waals surface area contributed by atoms with Crippen molar-refractivity contribution in [3.63, 3.8) is 0 Å². The van der Waals surface area contributed by atoms with Gasteiger partial charge >= 0.3 is 0 Å². The number of ether oxygens (including phenoxy) is 1. The number of amides is 2. The molecule has 2 N–H and O–H groups in total. The minimum atomic E-state index is -0.0555. The highest BCUT2D eigenvalue weighted by molar-refractivity contribution is 5.83. The van der Waals surface area contributed by atoms with E-state index in [9.17, 15) is 9.59 Å². The van der Waals surface area contributed by atoms with Crippen LogP contribution < -0.4 is 10.6 Å². The fraction of sp³-hybridized carbons (Fsp3) is 0.818. The summed E-state index contributed by atoms with van der Waals surface area (Å²) in [6.45, 7) is 2.73. The Labute approximate surface area is 94.9 Å². The Bertz CT molecular complexity index is 264. The van der Waals surface area contributed by atoms with Gasteiger partial charge in [-0.2, -0.15) is 0 Å². The Kier molecular flexibility index (Phi) is 3.77. The molecular formula is C11H18N2O3. The summed E-state index contributed by atoms with van der Waals surface area (Å²) < 4.78 is 5.24. The first-order valence-corrected chi connectivity index (χ1v) is 5.88. The zero-order valence-corrected chi connectivity index (χ0v) is 9.33. The maximum atomic E-state index is 11.8. The first-order chi connectivity index (χ1) is 7.75. The lowest BCUT2D eigenvalue weighted by atomic mass is 9.98. The van der Waals surface area contributed by atoms with Crippen molar-refractivity contribution in [2.75, 3.05) is 26.3 Å². The largest absolute Gasteiger partial charge is 0.381 e. The minimum absolute atomic E-state index is 0.0493. The Hall–Kier alpha value is -1.10. The second-order valence-corrected chi connectivity index (χ2v) is 4.51. The Balaban J connectivity index is 1.68. The maximum Gasteiger partial charge on any atom is 0.224 e. The number of piperidine rings is 1. The minimum Gasteiger partial charge on any atom is -0.381 e. The first kappa shape index (κ1) is 11.4. The number of hydrogen-bond donors (Lipinski definition) is 2. The molecule has 0 aliphatic carbocycles. The van der Waals surface area contributed by atoms with Gasteiger partial charge in [0.05, 0.1) is 12.5 Å². The van der Waals surface area contributed by atoms with Crippen molar-refractivity contribution in [3.8, 4) is 0 Å². The second kappa shape index (κ2) is 5.30. The first-order valence-electron chi connectivity index (χ1n) is 5.88. The molecule has 2 atom stereocenters. The highest BCUT2D eigenvalue weighted by Crippen LogP contribution is 2.13. The zero-order valence-electron chi connectivity index (χ0n) is 9.33. The normalized spacial score (nSPS) is 29.9. The molecule has 0 saturated carbocycles. The molecule has 2 heterocycles. The zero-order chi connectivity index (χ0) is 11.4. The molecule has 90 valence electrons. The SMILES string of the molecule is O=C1CCC(C(=O)NCC2CCOC2)CN1. The van der Waals surface area contributed by atoms with Crippen molar-refractivity contribution in [1.29, 1.82) is 0 Å². The van der Waals surface area contributed by atoms with Crippen molar-refractivity contribution in [1.82, 2.24) is 10.6 Å². The Morgan fingerprint density at radius 2 is 2.38 bits per heavy atom. The summed E-state index contributed by atoms with van der Waals surface area (Å²) in [4.78, 5) is 22.7. The van der Waals surface area contributed by atoms with Crippen LogP contribution in [0.15, 0.2) is 0 Å². The fourth-order valence-electron chi connectivity index (χ4n) is 2.09. The average molecular weight is 226 g/mol. The van der Waals surface area contributed by atoms with Crippen LogP contribution in [0.1, 0.15) is 19.3 Å². The monoisotopic (exact) mass is 226 g/mol. The number of carbonyl (C=O) groups excluding carboxylic acids is 2. The van der Waals surface area contributed by atoms with Gasteiger partial charge in [-0.1, -0.05) is 0 Å². The van der Waals surface area contributed by atoms with E-state index in [1.54, 1.807) is 0 Å². The van der Waals surface area contributed by atoms with E-state index < -0.39 is 0 Å². The van der Waals surface area contributed by atoms with E-state index in [0.29, 0.717) is 31.8 Å². The van der Waals surface area contributed by atoms with E-state index in [1.165, 1.54) is 0 Å². The number of nitrogens with one attached hydrogen (secondary N) is 2. The van der Waals surface area contributed by atoms with Gasteiger partial charge in [0, 0.05) is 32.0 Å². The topological polar surface area (TPSA) is 67.4 Å². The van der Waals surface area contributed by atoms with Crippen molar-refractivity contribution < 1.29 is 14.3 Å². The van der Waals surface area contributed by atoms with Crippen LogP contribution >= 0.6 is 0 Å². The van der Waals surface area contributed by atoms with Gasteiger partial charge in [-0.05, 0) is 12.8 Å². The molecule has 0 aromatic carbocycles. The van der Waals surface area contributed by atoms with Gasteiger partial charge in [0.25, 0.3) is 0 Å². The van der Waals surface area contributed by atoms with Crippen LogP contribution in [0.3, 0.4) is 0 Å². The second-order valence-electron chi connectivity index (χ2n) is 4.51. The summed E-state index contributed by atoms with van der Waals surface area (Å²) in [7, 11) is 0. The van der Waals surface area contributed by atoms with Gasteiger partial charge in [-0.25, -0.2) is 0 Å². The van der Waals surface area contributed by atoms with Gasteiger partial charge in [0.15, 0.2) is 0 Å². The highest BCUT2D eigenvalue weighted by Gasteiger charge is 2.25. The molecule has 2 aliphatic rings. The van der Waals surface area contributed by atoms with Crippen molar-refractivity contribution in [3.05, 3.63) is 0 Å².